The lowest BCUT2D eigenvalue weighted by Crippen LogP contribution is -2.27. The molecule has 4 heteroatoms. The molecule has 0 bridgehead atoms. The normalized spacial score (nSPS) is 14.3. The maximum absolute atomic E-state index is 6.15. The first kappa shape index (κ1) is 11.4. The quantitative estimate of drug-likeness (QED) is 0.800. The first-order valence-corrected chi connectivity index (χ1v) is 5.66. The molecule has 16 heavy (non-hydrogen) atoms. The zero-order valence-corrected chi connectivity index (χ0v) is 10.5. The highest BCUT2D eigenvalue weighted by molar-refractivity contribution is 6.31. The third-order valence-corrected chi connectivity index (χ3v) is 2.93. The molecule has 0 fully saturated rings. The Kier molecular flexibility index (Phi) is 2.68. The molecule has 3 N–H and O–H groups in total. The van der Waals surface area contributed by atoms with Crippen molar-refractivity contribution in [3.8, 4) is 0 Å². The smallest absolute Gasteiger partial charge is 0.124 e. The molecule has 1 aromatic heterocycles. The van der Waals surface area contributed by atoms with Crippen LogP contribution in [0.4, 0.5) is 0 Å². The Bertz CT molecular complexity index is 510. The molecule has 0 spiro atoms. The summed E-state index contributed by atoms with van der Waals surface area (Å²) in [6, 6.07) is 5.49. The van der Waals surface area contributed by atoms with E-state index in [1.165, 1.54) is 0 Å². The highest BCUT2D eigenvalue weighted by Crippen LogP contribution is 2.30. The fourth-order valence-corrected chi connectivity index (χ4v) is 1.72. The van der Waals surface area contributed by atoms with Crippen LogP contribution in [0.1, 0.15) is 32.6 Å². The molecule has 2 aromatic rings. The van der Waals surface area contributed by atoms with Gasteiger partial charge in [0.2, 0.25) is 0 Å². The summed E-state index contributed by atoms with van der Waals surface area (Å²) in [7, 11) is 0. The summed E-state index contributed by atoms with van der Waals surface area (Å²) in [6.07, 6.45) is 0. The number of aromatic nitrogens is 2. The molecule has 86 valence electrons. The number of halogens is 1. The van der Waals surface area contributed by atoms with Crippen LogP contribution in [0.15, 0.2) is 18.2 Å². The van der Waals surface area contributed by atoms with Crippen molar-refractivity contribution < 1.29 is 0 Å². The molecular weight excluding hydrogens is 222 g/mol. The van der Waals surface area contributed by atoms with Gasteiger partial charge >= 0.3 is 0 Å². The van der Waals surface area contributed by atoms with Crippen LogP contribution < -0.4 is 5.73 Å². The van der Waals surface area contributed by atoms with Gasteiger partial charge in [0, 0.05) is 5.02 Å². The second-order valence-electron chi connectivity index (χ2n) is 5.13. The number of fused-ring (bicyclic) bond motifs is 1. The van der Waals surface area contributed by atoms with Crippen LogP contribution in [0.25, 0.3) is 11.0 Å². The number of rotatable bonds is 1. The third kappa shape index (κ3) is 2.06. The van der Waals surface area contributed by atoms with Crippen molar-refractivity contribution in [3.63, 3.8) is 0 Å². The van der Waals surface area contributed by atoms with Gasteiger partial charge in [0.05, 0.1) is 17.1 Å². The van der Waals surface area contributed by atoms with Gasteiger partial charge in [-0.05, 0) is 23.6 Å². The summed E-state index contributed by atoms with van der Waals surface area (Å²) in [5.74, 6) is 0.810. The molecule has 0 unspecified atom stereocenters. The predicted octanol–water partition coefficient (Wildman–Crippen LogP) is 3.26. The summed E-state index contributed by atoms with van der Waals surface area (Å²) >= 11 is 5.91. The number of benzene rings is 1. The fraction of sp³-hybridized carbons (Fsp3) is 0.417. The van der Waals surface area contributed by atoms with Crippen LogP contribution in [0, 0.1) is 5.41 Å². The van der Waals surface area contributed by atoms with Crippen molar-refractivity contribution >= 4 is 22.6 Å². The van der Waals surface area contributed by atoms with Gasteiger partial charge in [0.1, 0.15) is 5.82 Å². The maximum atomic E-state index is 6.15. The Morgan fingerprint density at radius 1 is 1.38 bits per heavy atom. The van der Waals surface area contributed by atoms with E-state index in [0.717, 1.165) is 16.9 Å². The number of aromatic amines is 1. The molecular formula is C12H16ClN3. The molecule has 0 saturated carbocycles. The average Bonchev–Trinajstić information content (AvgIpc) is 2.57. The monoisotopic (exact) mass is 237 g/mol. The summed E-state index contributed by atoms with van der Waals surface area (Å²) in [5, 5.41) is 0.690. The van der Waals surface area contributed by atoms with Crippen LogP contribution in [0.2, 0.25) is 5.02 Å². The topological polar surface area (TPSA) is 54.7 Å². The van der Waals surface area contributed by atoms with Crippen LogP contribution in [0.3, 0.4) is 0 Å². The summed E-state index contributed by atoms with van der Waals surface area (Å²) in [4.78, 5) is 7.71. The minimum absolute atomic E-state index is 0.0162. The van der Waals surface area contributed by atoms with E-state index in [9.17, 15) is 0 Å². The average molecular weight is 238 g/mol. The minimum atomic E-state index is -0.112. The zero-order valence-electron chi connectivity index (χ0n) is 9.71. The molecule has 0 saturated heterocycles. The van der Waals surface area contributed by atoms with Gasteiger partial charge in [-0.2, -0.15) is 0 Å². The van der Waals surface area contributed by atoms with Crippen molar-refractivity contribution in [2.45, 2.75) is 26.8 Å². The van der Waals surface area contributed by atoms with E-state index in [2.05, 4.69) is 30.7 Å². The molecule has 2 rings (SSSR count). The number of hydrogen-bond donors (Lipinski definition) is 2. The third-order valence-electron chi connectivity index (χ3n) is 2.69. The highest BCUT2D eigenvalue weighted by atomic mass is 35.5. The molecule has 0 aliphatic heterocycles. The van der Waals surface area contributed by atoms with E-state index >= 15 is 0 Å². The molecule has 1 atom stereocenters. The van der Waals surface area contributed by atoms with Gasteiger partial charge in [-0.1, -0.05) is 32.4 Å². The van der Waals surface area contributed by atoms with E-state index in [1.807, 2.05) is 18.2 Å². The van der Waals surface area contributed by atoms with Crippen LogP contribution in [-0.2, 0) is 0 Å². The number of imidazole rings is 1. The Morgan fingerprint density at radius 3 is 2.69 bits per heavy atom. The van der Waals surface area contributed by atoms with Gasteiger partial charge in [-0.15, -0.1) is 0 Å². The number of hydrogen-bond acceptors (Lipinski definition) is 2. The number of H-pyrrole nitrogens is 1. The van der Waals surface area contributed by atoms with Gasteiger partial charge in [0.25, 0.3) is 0 Å². The SMILES string of the molecule is CC(C)(C)[C@H](N)c1nc2cc(Cl)ccc2[nH]1. The Balaban J connectivity index is 2.47. The second kappa shape index (κ2) is 3.75. The van der Waals surface area contributed by atoms with E-state index in [4.69, 9.17) is 17.3 Å². The number of nitrogens with two attached hydrogens (primary N) is 1. The van der Waals surface area contributed by atoms with Crippen molar-refractivity contribution in [2.75, 3.05) is 0 Å². The summed E-state index contributed by atoms with van der Waals surface area (Å²) in [6.45, 7) is 6.29. The van der Waals surface area contributed by atoms with Gasteiger partial charge in [-0.3, -0.25) is 0 Å². The standard InChI is InChI=1S/C12H16ClN3/c1-12(2,3)10(14)11-15-8-5-4-7(13)6-9(8)16-11/h4-6,10H,14H2,1-3H3,(H,15,16)/t10-/m1/s1. The van der Waals surface area contributed by atoms with E-state index < -0.39 is 0 Å². The van der Waals surface area contributed by atoms with Crippen LogP contribution >= 0.6 is 11.6 Å². The first-order valence-electron chi connectivity index (χ1n) is 5.28. The Hall–Kier alpha value is -1.06. The molecule has 1 aromatic carbocycles. The maximum Gasteiger partial charge on any atom is 0.124 e. The van der Waals surface area contributed by atoms with Crippen molar-refractivity contribution in [1.29, 1.82) is 0 Å². The molecule has 0 radical (unpaired) electrons. The second-order valence-corrected chi connectivity index (χ2v) is 5.56. The number of nitrogens with one attached hydrogen (secondary N) is 1. The van der Waals surface area contributed by atoms with Crippen LogP contribution in [-0.4, -0.2) is 9.97 Å². The lowest BCUT2D eigenvalue weighted by Gasteiger charge is -2.24. The van der Waals surface area contributed by atoms with E-state index in [1.54, 1.807) is 0 Å². The molecule has 3 nitrogen and oxygen atoms in total. The van der Waals surface area contributed by atoms with Crippen molar-refractivity contribution in [1.82, 2.24) is 9.97 Å². The predicted molar refractivity (Wildman–Crippen MR) is 67.5 cm³/mol. The van der Waals surface area contributed by atoms with Gasteiger partial charge in [0.15, 0.2) is 0 Å². The lowest BCUT2D eigenvalue weighted by molar-refractivity contribution is 0.317. The fourth-order valence-electron chi connectivity index (χ4n) is 1.56. The van der Waals surface area contributed by atoms with Crippen molar-refractivity contribution in [3.05, 3.63) is 29.0 Å². The largest absolute Gasteiger partial charge is 0.341 e. The number of nitrogens with zero attached hydrogens (tertiary/aromatic N) is 1. The van der Waals surface area contributed by atoms with Crippen molar-refractivity contribution in [2.24, 2.45) is 11.1 Å². The minimum Gasteiger partial charge on any atom is -0.341 e. The first-order chi connectivity index (χ1) is 7.38. The Labute approximate surface area is 100 Å². The molecule has 0 amide bonds. The zero-order chi connectivity index (χ0) is 11.9. The van der Waals surface area contributed by atoms with E-state index in [-0.39, 0.29) is 11.5 Å². The van der Waals surface area contributed by atoms with Crippen LogP contribution in [0.5, 0.6) is 0 Å². The van der Waals surface area contributed by atoms with Gasteiger partial charge < -0.3 is 10.7 Å². The van der Waals surface area contributed by atoms with E-state index in [0.29, 0.717) is 5.02 Å². The van der Waals surface area contributed by atoms with Gasteiger partial charge in [-0.25, -0.2) is 4.98 Å². The molecule has 0 aliphatic rings. The molecule has 1 heterocycles. The lowest BCUT2D eigenvalue weighted by atomic mass is 9.87. The highest BCUT2D eigenvalue weighted by Gasteiger charge is 2.24. The summed E-state index contributed by atoms with van der Waals surface area (Å²) < 4.78 is 0. The Morgan fingerprint density at radius 2 is 2.06 bits per heavy atom. The molecule has 0 aliphatic carbocycles. The summed E-state index contributed by atoms with van der Waals surface area (Å²) in [5.41, 5.74) is 7.97.